The Morgan fingerprint density at radius 2 is 2.08 bits per heavy atom. The average Bonchev–Trinajstić information content (AvgIpc) is 2.59. The highest BCUT2D eigenvalue weighted by Gasteiger charge is 2.02. The Balaban J connectivity index is 2.62. The largest absolute Gasteiger partial charge is 0.456 e. The number of benzene rings is 1. The topological polar surface area (TPSA) is 13.1 Å². The number of para-hydroxylation sites is 1. The van der Waals surface area contributed by atoms with Crippen molar-refractivity contribution in [1.82, 2.24) is 0 Å². The predicted octanol–water partition coefficient (Wildman–Crippen LogP) is 3.63. The molecular formula is C12H10O. The molecule has 2 aromatic rings. The Kier molecular flexibility index (Phi) is 1.78. The van der Waals surface area contributed by atoms with Crippen LogP contribution in [0.1, 0.15) is 5.76 Å². The van der Waals surface area contributed by atoms with E-state index in [0.29, 0.717) is 0 Å². The first-order valence-corrected chi connectivity index (χ1v) is 4.11. The van der Waals surface area contributed by atoms with Crippen molar-refractivity contribution in [2.24, 2.45) is 0 Å². The van der Waals surface area contributed by atoms with Gasteiger partial charge in [-0.25, -0.2) is 0 Å². The van der Waals surface area contributed by atoms with Crippen molar-refractivity contribution in [1.29, 1.82) is 0 Å². The van der Waals surface area contributed by atoms with Crippen molar-refractivity contribution in [3.63, 3.8) is 0 Å². The lowest BCUT2D eigenvalue weighted by molar-refractivity contribution is 0.601. The van der Waals surface area contributed by atoms with E-state index in [0.717, 1.165) is 22.3 Å². The van der Waals surface area contributed by atoms with E-state index in [2.05, 4.69) is 13.2 Å². The van der Waals surface area contributed by atoms with Gasteiger partial charge in [0.2, 0.25) is 0 Å². The standard InChI is InChI=1S/C12H10O/c1-3-9(2)12-8-10-6-4-5-7-11(10)13-12/h3-8H,1-2H2. The van der Waals surface area contributed by atoms with Gasteiger partial charge < -0.3 is 4.42 Å². The molecule has 1 aromatic heterocycles. The summed E-state index contributed by atoms with van der Waals surface area (Å²) < 4.78 is 5.55. The third-order valence-corrected chi connectivity index (χ3v) is 1.99. The molecule has 0 amide bonds. The number of furan rings is 1. The molecule has 1 heterocycles. The minimum absolute atomic E-state index is 0.788. The number of allylic oxidation sites excluding steroid dienone is 2. The van der Waals surface area contributed by atoms with Crippen LogP contribution in [0.2, 0.25) is 0 Å². The predicted molar refractivity (Wildman–Crippen MR) is 55.4 cm³/mol. The fourth-order valence-corrected chi connectivity index (χ4v) is 1.24. The van der Waals surface area contributed by atoms with Gasteiger partial charge in [-0.3, -0.25) is 0 Å². The molecule has 13 heavy (non-hydrogen) atoms. The normalized spacial score (nSPS) is 10.2. The Bertz CT molecular complexity index is 430. The molecule has 1 nitrogen and oxygen atoms in total. The average molecular weight is 170 g/mol. The van der Waals surface area contributed by atoms with E-state index >= 15 is 0 Å². The maximum atomic E-state index is 5.55. The van der Waals surface area contributed by atoms with Gasteiger partial charge in [0.1, 0.15) is 11.3 Å². The molecule has 0 unspecified atom stereocenters. The minimum atomic E-state index is 0.788. The second-order valence-electron chi connectivity index (χ2n) is 2.88. The summed E-state index contributed by atoms with van der Waals surface area (Å²) in [5, 5.41) is 1.10. The van der Waals surface area contributed by atoms with Crippen LogP contribution in [0.15, 0.2) is 54.0 Å². The molecular weight excluding hydrogens is 160 g/mol. The first-order chi connectivity index (χ1) is 6.31. The molecule has 2 rings (SSSR count). The van der Waals surface area contributed by atoms with Crippen molar-refractivity contribution in [2.45, 2.75) is 0 Å². The SMILES string of the molecule is C=CC(=C)c1cc2ccccc2o1. The molecule has 1 aromatic carbocycles. The highest BCUT2D eigenvalue weighted by molar-refractivity contribution is 5.83. The lowest BCUT2D eigenvalue weighted by Gasteiger charge is -1.89. The zero-order chi connectivity index (χ0) is 9.26. The fourth-order valence-electron chi connectivity index (χ4n) is 1.24. The number of fused-ring (bicyclic) bond motifs is 1. The van der Waals surface area contributed by atoms with Crippen LogP contribution in [0.5, 0.6) is 0 Å². The Hall–Kier alpha value is -1.76. The van der Waals surface area contributed by atoms with Crippen LogP contribution >= 0.6 is 0 Å². The van der Waals surface area contributed by atoms with Gasteiger partial charge in [0, 0.05) is 11.0 Å². The van der Waals surface area contributed by atoms with Gasteiger partial charge in [-0.05, 0) is 12.1 Å². The van der Waals surface area contributed by atoms with Crippen molar-refractivity contribution >= 4 is 16.5 Å². The van der Waals surface area contributed by atoms with Crippen LogP contribution in [0.25, 0.3) is 16.5 Å². The molecule has 0 bridgehead atoms. The molecule has 0 radical (unpaired) electrons. The smallest absolute Gasteiger partial charge is 0.134 e. The van der Waals surface area contributed by atoms with Gasteiger partial charge in [-0.15, -0.1) is 0 Å². The van der Waals surface area contributed by atoms with Crippen molar-refractivity contribution in [2.75, 3.05) is 0 Å². The van der Waals surface area contributed by atoms with E-state index in [1.807, 2.05) is 30.3 Å². The summed E-state index contributed by atoms with van der Waals surface area (Å²) in [5.74, 6) is 0.788. The van der Waals surface area contributed by atoms with Gasteiger partial charge in [-0.1, -0.05) is 37.4 Å². The quantitative estimate of drug-likeness (QED) is 0.627. The van der Waals surface area contributed by atoms with Crippen LogP contribution in [0, 0.1) is 0 Å². The molecule has 0 N–H and O–H groups in total. The van der Waals surface area contributed by atoms with Gasteiger partial charge in [0.25, 0.3) is 0 Å². The number of hydrogen-bond acceptors (Lipinski definition) is 1. The minimum Gasteiger partial charge on any atom is -0.456 e. The third-order valence-electron chi connectivity index (χ3n) is 1.99. The molecule has 0 atom stereocenters. The molecule has 64 valence electrons. The lowest BCUT2D eigenvalue weighted by atomic mass is 10.2. The highest BCUT2D eigenvalue weighted by Crippen LogP contribution is 2.23. The zero-order valence-corrected chi connectivity index (χ0v) is 7.29. The van der Waals surface area contributed by atoms with Crippen LogP contribution in [0.3, 0.4) is 0 Å². The maximum absolute atomic E-state index is 5.55. The van der Waals surface area contributed by atoms with E-state index in [9.17, 15) is 0 Å². The van der Waals surface area contributed by atoms with Gasteiger partial charge in [0.05, 0.1) is 0 Å². The summed E-state index contributed by atoms with van der Waals surface area (Å²) in [6.45, 7) is 7.47. The van der Waals surface area contributed by atoms with Crippen LogP contribution in [-0.4, -0.2) is 0 Å². The van der Waals surface area contributed by atoms with Gasteiger partial charge in [0.15, 0.2) is 0 Å². The van der Waals surface area contributed by atoms with Gasteiger partial charge in [-0.2, -0.15) is 0 Å². The van der Waals surface area contributed by atoms with Crippen LogP contribution < -0.4 is 0 Å². The van der Waals surface area contributed by atoms with Crippen LogP contribution in [0.4, 0.5) is 0 Å². The Morgan fingerprint density at radius 1 is 1.31 bits per heavy atom. The number of rotatable bonds is 2. The van der Waals surface area contributed by atoms with Gasteiger partial charge >= 0.3 is 0 Å². The number of hydrogen-bond donors (Lipinski definition) is 0. The molecule has 0 aliphatic rings. The molecule has 0 spiro atoms. The second-order valence-corrected chi connectivity index (χ2v) is 2.88. The summed E-state index contributed by atoms with van der Waals surface area (Å²) in [5.41, 5.74) is 1.71. The van der Waals surface area contributed by atoms with E-state index in [-0.39, 0.29) is 0 Å². The van der Waals surface area contributed by atoms with Crippen LogP contribution in [-0.2, 0) is 0 Å². The Labute approximate surface area is 77.0 Å². The third kappa shape index (κ3) is 1.29. The maximum Gasteiger partial charge on any atom is 0.134 e. The van der Waals surface area contributed by atoms with E-state index in [1.165, 1.54) is 0 Å². The van der Waals surface area contributed by atoms with E-state index < -0.39 is 0 Å². The molecule has 0 aliphatic heterocycles. The molecule has 1 heteroatoms. The first-order valence-electron chi connectivity index (χ1n) is 4.11. The van der Waals surface area contributed by atoms with Crippen molar-refractivity contribution in [3.8, 4) is 0 Å². The molecule has 0 saturated carbocycles. The summed E-state index contributed by atoms with van der Waals surface area (Å²) in [4.78, 5) is 0. The summed E-state index contributed by atoms with van der Waals surface area (Å²) in [7, 11) is 0. The van der Waals surface area contributed by atoms with E-state index in [1.54, 1.807) is 6.08 Å². The molecule has 0 fully saturated rings. The zero-order valence-electron chi connectivity index (χ0n) is 7.29. The summed E-state index contributed by atoms with van der Waals surface area (Å²) >= 11 is 0. The Morgan fingerprint density at radius 3 is 2.77 bits per heavy atom. The lowest BCUT2D eigenvalue weighted by Crippen LogP contribution is -1.68. The van der Waals surface area contributed by atoms with Crippen molar-refractivity contribution in [3.05, 3.63) is 55.3 Å². The summed E-state index contributed by atoms with van der Waals surface area (Å²) in [6, 6.07) is 9.86. The van der Waals surface area contributed by atoms with Crippen molar-refractivity contribution < 1.29 is 4.42 Å². The molecule has 0 saturated heterocycles. The second kappa shape index (κ2) is 2.94. The molecule has 0 aliphatic carbocycles. The summed E-state index contributed by atoms with van der Waals surface area (Å²) in [6.07, 6.45) is 1.69. The fraction of sp³-hybridized carbons (Fsp3) is 0. The highest BCUT2D eigenvalue weighted by atomic mass is 16.3. The van der Waals surface area contributed by atoms with E-state index in [4.69, 9.17) is 4.42 Å². The monoisotopic (exact) mass is 170 g/mol. The first kappa shape index (κ1) is 7.87.